The number of hydrogen-bond donors (Lipinski definition) is 1. The fourth-order valence-corrected chi connectivity index (χ4v) is 3.37. The van der Waals surface area contributed by atoms with Crippen LogP contribution in [0.4, 0.5) is 11.4 Å². The van der Waals surface area contributed by atoms with Crippen LogP contribution in [0.3, 0.4) is 0 Å². The topological polar surface area (TPSA) is 112 Å². The van der Waals surface area contributed by atoms with Crippen LogP contribution < -0.4 is 10.9 Å². The molecule has 10 heteroatoms. The molecule has 0 saturated carbocycles. The summed E-state index contributed by atoms with van der Waals surface area (Å²) in [6.07, 6.45) is 3.14. The first-order valence-corrected chi connectivity index (χ1v) is 10.1. The molecular weight excluding hydrogens is 408 g/mol. The van der Waals surface area contributed by atoms with Crippen molar-refractivity contribution in [2.24, 2.45) is 0 Å². The second-order valence-corrected chi connectivity index (χ2v) is 6.99. The Morgan fingerprint density at radius 3 is 2.63 bits per heavy atom. The first-order chi connectivity index (χ1) is 14.5. The summed E-state index contributed by atoms with van der Waals surface area (Å²) in [7, 11) is 0. The standard InChI is InChI=1S/C20H20N4O5S/c1-3-24-19(26)18(22-14-6-4-8-21-12-14)16(17(23-24)15-7-5-11-30-15)20(27)29-10-9-28-13(2)25/h4-8,11-12,22H,3,9-10H2,1-2H3. The van der Waals surface area contributed by atoms with Crippen molar-refractivity contribution in [3.8, 4) is 10.6 Å². The van der Waals surface area contributed by atoms with E-state index in [4.69, 9.17) is 9.47 Å². The second-order valence-electron chi connectivity index (χ2n) is 6.04. The van der Waals surface area contributed by atoms with Crippen LogP contribution in [0.1, 0.15) is 24.2 Å². The average molecular weight is 428 g/mol. The number of carbonyl (C=O) groups excluding carboxylic acids is 2. The Bertz CT molecular complexity index is 1080. The molecule has 0 bridgehead atoms. The molecule has 0 aliphatic rings. The van der Waals surface area contributed by atoms with E-state index in [1.165, 1.54) is 29.1 Å². The molecule has 1 N–H and O–H groups in total. The monoisotopic (exact) mass is 428 g/mol. The molecule has 0 aliphatic heterocycles. The van der Waals surface area contributed by atoms with E-state index in [1.807, 2.05) is 11.4 Å². The van der Waals surface area contributed by atoms with Crippen molar-refractivity contribution >= 4 is 34.7 Å². The molecule has 3 aromatic rings. The summed E-state index contributed by atoms with van der Waals surface area (Å²) in [5.41, 5.74) is 0.457. The Balaban J connectivity index is 2.08. The van der Waals surface area contributed by atoms with Crippen molar-refractivity contribution in [2.45, 2.75) is 20.4 Å². The van der Waals surface area contributed by atoms with Crippen molar-refractivity contribution in [3.05, 3.63) is 58.0 Å². The first kappa shape index (κ1) is 21.2. The summed E-state index contributed by atoms with van der Waals surface area (Å²) in [4.78, 5) is 41.6. The first-order valence-electron chi connectivity index (χ1n) is 9.17. The minimum atomic E-state index is -0.746. The van der Waals surface area contributed by atoms with Gasteiger partial charge in [-0.05, 0) is 30.5 Å². The van der Waals surface area contributed by atoms with E-state index in [2.05, 4.69) is 15.4 Å². The maximum atomic E-state index is 13.0. The van der Waals surface area contributed by atoms with Gasteiger partial charge in [0.25, 0.3) is 5.56 Å². The van der Waals surface area contributed by atoms with Gasteiger partial charge in [0.1, 0.15) is 30.2 Å². The third kappa shape index (κ3) is 4.90. The van der Waals surface area contributed by atoms with E-state index in [0.717, 1.165) is 0 Å². The van der Waals surface area contributed by atoms with Gasteiger partial charge in [-0.1, -0.05) is 6.07 Å². The van der Waals surface area contributed by atoms with Crippen LogP contribution in [0, 0.1) is 0 Å². The number of aryl methyl sites for hydroxylation is 1. The molecule has 0 aliphatic carbocycles. The Morgan fingerprint density at radius 1 is 1.20 bits per heavy atom. The van der Waals surface area contributed by atoms with E-state index < -0.39 is 17.5 Å². The fraction of sp³-hybridized carbons (Fsp3) is 0.250. The molecule has 0 spiro atoms. The summed E-state index contributed by atoms with van der Waals surface area (Å²) in [5.74, 6) is -1.22. The maximum Gasteiger partial charge on any atom is 0.342 e. The molecule has 0 fully saturated rings. The van der Waals surface area contributed by atoms with Crippen LogP contribution in [-0.4, -0.2) is 39.9 Å². The van der Waals surface area contributed by atoms with Gasteiger partial charge < -0.3 is 14.8 Å². The number of nitrogens with one attached hydrogen (secondary N) is 1. The van der Waals surface area contributed by atoms with Gasteiger partial charge in [0.05, 0.1) is 16.8 Å². The highest BCUT2D eigenvalue weighted by Gasteiger charge is 2.26. The predicted molar refractivity (Wildman–Crippen MR) is 112 cm³/mol. The number of ether oxygens (including phenoxy) is 2. The number of anilines is 2. The Hall–Kier alpha value is -3.53. The third-order valence-electron chi connectivity index (χ3n) is 3.97. The number of nitrogens with zero attached hydrogens (tertiary/aromatic N) is 3. The molecule has 0 unspecified atom stereocenters. The molecule has 0 saturated heterocycles. The zero-order valence-corrected chi connectivity index (χ0v) is 17.3. The second kappa shape index (κ2) is 9.79. The van der Waals surface area contributed by atoms with Gasteiger partial charge in [-0.2, -0.15) is 5.10 Å². The number of hydrogen-bond acceptors (Lipinski definition) is 9. The summed E-state index contributed by atoms with van der Waals surface area (Å²) >= 11 is 1.38. The number of rotatable bonds is 8. The quantitative estimate of drug-likeness (QED) is 0.431. The lowest BCUT2D eigenvalue weighted by Gasteiger charge is -2.16. The fourth-order valence-electron chi connectivity index (χ4n) is 2.66. The van der Waals surface area contributed by atoms with E-state index >= 15 is 0 Å². The lowest BCUT2D eigenvalue weighted by molar-refractivity contribution is -0.142. The molecule has 0 amide bonds. The van der Waals surface area contributed by atoms with Crippen LogP contribution in [0.5, 0.6) is 0 Å². The molecule has 30 heavy (non-hydrogen) atoms. The molecule has 0 atom stereocenters. The van der Waals surface area contributed by atoms with E-state index in [-0.39, 0.29) is 24.5 Å². The Morgan fingerprint density at radius 2 is 2.00 bits per heavy atom. The number of thiophene rings is 1. The van der Waals surface area contributed by atoms with Crippen LogP contribution in [0.15, 0.2) is 46.8 Å². The highest BCUT2D eigenvalue weighted by molar-refractivity contribution is 7.13. The van der Waals surface area contributed by atoms with Gasteiger partial charge in [-0.3, -0.25) is 14.6 Å². The molecule has 3 aromatic heterocycles. The molecule has 3 rings (SSSR count). The van der Waals surface area contributed by atoms with E-state index in [9.17, 15) is 14.4 Å². The van der Waals surface area contributed by atoms with Crippen LogP contribution >= 0.6 is 11.3 Å². The van der Waals surface area contributed by atoms with Crippen LogP contribution in [0.2, 0.25) is 0 Å². The number of esters is 2. The third-order valence-corrected chi connectivity index (χ3v) is 4.84. The normalized spacial score (nSPS) is 10.5. The predicted octanol–water partition coefficient (Wildman–Crippen LogP) is 2.85. The van der Waals surface area contributed by atoms with Crippen molar-refractivity contribution in [2.75, 3.05) is 18.5 Å². The van der Waals surface area contributed by atoms with Gasteiger partial charge in [0, 0.05) is 19.7 Å². The lowest BCUT2D eigenvalue weighted by atomic mass is 10.1. The molecule has 3 heterocycles. The van der Waals surface area contributed by atoms with Crippen LogP contribution in [0.25, 0.3) is 10.6 Å². The Kier molecular flexibility index (Phi) is 6.91. The highest BCUT2D eigenvalue weighted by Crippen LogP contribution is 2.30. The molecule has 0 aromatic carbocycles. The molecule has 9 nitrogen and oxygen atoms in total. The minimum Gasteiger partial charge on any atom is -0.462 e. The maximum absolute atomic E-state index is 13.0. The van der Waals surface area contributed by atoms with E-state index in [0.29, 0.717) is 22.8 Å². The van der Waals surface area contributed by atoms with Crippen LogP contribution in [-0.2, 0) is 20.8 Å². The zero-order valence-electron chi connectivity index (χ0n) is 16.5. The number of pyridine rings is 1. The van der Waals surface area contributed by atoms with Gasteiger partial charge in [0.15, 0.2) is 0 Å². The number of carbonyl (C=O) groups is 2. The highest BCUT2D eigenvalue weighted by atomic mass is 32.1. The smallest absolute Gasteiger partial charge is 0.342 e. The van der Waals surface area contributed by atoms with Gasteiger partial charge in [0.2, 0.25) is 0 Å². The molecular formula is C20H20N4O5S. The van der Waals surface area contributed by atoms with Gasteiger partial charge in [-0.15, -0.1) is 11.3 Å². The molecule has 0 radical (unpaired) electrons. The summed E-state index contributed by atoms with van der Waals surface area (Å²) in [5, 5.41) is 9.23. The Labute approximate surface area is 176 Å². The van der Waals surface area contributed by atoms with Gasteiger partial charge >= 0.3 is 11.9 Å². The minimum absolute atomic E-state index is 0.0128. The van der Waals surface area contributed by atoms with Crippen molar-refractivity contribution in [1.82, 2.24) is 14.8 Å². The van der Waals surface area contributed by atoms with Crippen molar-refractivity contribution in [1.29, 1.82) is 0 Å². The van der Waals surface area contributed by atoms with E-state index in [1.54, 1.807) is 31.3 Å². The lowest BCUT2D eigenvalue weighted by Crippen LogP contribution is -2.29. The SMILES string of the molecule is CCn1nc(-c2cccs2)c(C(=O)OCCOC(C)=O)c(Nc2cccnc2)c1=O. The molecule has 156 valence electrons. The summed E-state index contributed by atoms with van der Waals surface area (Å²) < 4.78 is 11.3. The largest absolute Gasteiger partial charge is 0.462 e. The van der Waals surface area contributed by atoms with Gasteiger partial charge in [-0.25, -0.2) is 9.48 Å². The van der Waals surface area contributed by atoms with Crippen molar-refractivity contribution < 1.29 is 19.1 Å². The number of aromatic nitrogens is 3. The van der Waals surface area contributed by atoms with Crippen molar-refractivity contribution in [3.63, 3.8) is 0 Å². The summed E-state index contributed by atoms with van der Waals surface area (Å²) in [6.45, 7) is 3.14. The zero-order chi connectivity index (χ0) is 21.5. The average Bonchev–Trinajstić information content (AvgIpc) is 3.27. The summed E-state index contributed by atoms with van der Waals surface area (Å²) in [6, 6.07) is 7.07.